The molecule has 0 aliphatic carbocycles. The van der Waals surface area contributed by atoms with Gasteiger partial charge in [-0.25, -0.2) is 4.79 Å². The van der Waals surface area contributed by atoms with Crippen LogP contribution in [0.2, 0.25) is 0 Å². The van der Waals surface area contributed by atoms with Crippen molar-refractivity contribution < 1.29 is 14.3 Å². The van der Waals surface area contributed by atoms with Gasteiger partial charge in [0.05, 0.1) is 12.2 Å². The summed E-state index contributed by atoms with van der Waals surface area (Å²) in [6.07, 6.45) is 0.517. The van der Waals surface area contributed by atoms with E-state index in [1.165, 1.54) is 0 Å². The van der Waals surface area contributed by atoms with Crippen LogP contribution in [0.15, 0.2) is 30.3 Å². The van der Waals surface area contributed by atoms with Crippen LogP contribution in [0, 0.1) is 0 Å². The summed E-state index contributed by atoms with van der Waals surface area (Å²) in [4.78, 5) is 12.5. The molecule has 0 amide bonds. The molecule has 0 saturated carbocycles. The number of carbonyl (C=O) groups is 1. The summed E-state index contributed by atoms with van der Waals surface area (Å²) in [6, 6.07) is 9.65. The number of esters is 1. The zero-order valence-corrected chi connectivity index (χ0v) is 13.7. The maximum Gasteiger partial charge on any atom is 0.331 e. The van der Waals surface area contributed by atoms with E-state index in [2.05, 4.69) is 5.32 Å². The maximum atomic E-state index is 12.5. The first-order chi connectivity index (χ1) is 9.85. The van der Waals surface area contributed by atoms with E-state index < -0.39 is 5.54 Å². The highest BCUT2D eigenvalue weighted by molar-refractivity contribution is 5.82. The van der Waals surface area contributed by atoms with Gasteiger partial charge in [0, 0.05) is 13.0 Å². The summed E-state index contributed by atoms with van der Waals surface area (Å²) < 4.78 is 11.1. The number of benzene rings is 1. The molecule has 0 heterocycles. The number of hydrogen-bond acceptors (Lipinski definition) is 4. The highest BCUT2D eigenvalue weighted by Crippen LogP contribution is 2.27. The van der Waals surface area contributed by atoms with Gasteiger partial charge < -0.3 is 14.8 Å². The molecule has 21 heavy (non-hydrogen) atoms. The van der Waals surface area contributed by atoms with Gasteiger partial charge in [-0.1, -0.05) is 30.3 Å². The van der Waals surface area contributed by atoms with Crippen molar-refractivity contribution in [2.24, 2.45) is 0 Å². The van der Waals surface area contributed by atoms with Gasteiger partial charge in [-0.3, -0.25) is 0 Å². The van der Waals surface area contributed by atoms with E-state index in [-0.39, 0.29) is 11.6 Å². The third-order valence-electron chi connectivity index (χ3n) is 3.33. The largest absolute Gasteiger partial charge is 0.464 e. The second-order valence-electron chi connectivity index (χ2n) is 5.95. The fraction of sp³-hybridized carbons (Fsp3) is 0.588. The average molecular weight is 293 g/mol. The molecular formula is C17H27NO3. The fourth-order valence-electron chi connectivity index (χ4n) is 2.22. The van der Waals surface area contributed by atoms with Crippen LogP contribution in [0.1, 0.15) is 39.7 Å². The first-order valence-corrected chi connectivity index (χ1v) is 7.41. The summed E-state index contributed by atoms with van der Waals surface area (Å²) >= 11 is 0. The highest BCUT2D eigenvalue weighted by Gasteiger charge is 2.40. The molecule has 0 aliphatic heterocycles. The van der Waals surface area contributed by atoms with Crippen LogP contribution in [0.4, 0.5) is 0 Å². The van der Waals surface area contributed by atoms with Crippen molar-refractivity contribution in [3.63, 3.8) is 0 Å². The minimum Gasteiger partial charge on any atom is -0.464 e. The lowest BCUT2D eigenvalue weighted by Crippen LogP contribution is -2.49. The highest BCUT2D eigenvalue weighted by atomic mass is 16.5. The summed E-state index contributed by atoms with van der Waals surface area (Å²) in [6.45, 7) is 8.64. The average Bonchev–Trinajstić information content (AvgIpc) is 2.44. The molecule has 1 aromatic carbocycles. The van der Waals surface area contributed by atoms with E-state index in [1.54, 1.807) is 7.05 Å². The van der Waals surface area contributed by atoms with Gasteiger partial charge in [0.2, 0.25) is 0 Å². The Bertz CT molecular complexity index is 439. The first kappa shape index (κ1) is 17.7. The molecule has 0 spiro atoms. The van der Waals surface area contributed by atoms with Crippen LogP contribution >= 0.6 is 0 Å². The molecule has 4 heteroatoms. The molecule has 0 fully saturated rings. The molecule has 0 saturated heterocycles. The van der Waals surface area contributed by atoms with Gasteiger partial charge in [0.15, 0.2) is 0 Å². The van der Waals surface area contributed by atoms with Crippen LogP contribution in [-0.4, -0.2) is 31.8 Å². The molecular weight excluding hydrogens is 266 g/mol. The van der Waals surface area contributed by atoms with E-state index in [1.807, 2.05) is 58.0 Å². The van der Waals surface area contributed by atoms with Crippen molar-refractivity contribution in [1.82, 2.24) is 5.32 Å². The molecule has 1 aromatic rings. The van der Waals surface area contributed by atoms with Gasteiger partial charge in [-0.05, 0) is 40.3 Å². The van der Waals surface area contributed by atoms with Gasteiger partial charge >= 0.3 is 5.97 Å². The Balaban J connectivity index is 3.00. The van der Waals surface area contributed by atoms with Crippen LogP contribution in [0.3, 0.4) is 0 Å². The summed E-state index contributed by atoms with van der Waals surface area (Å²) in [5, 5.41) is 3.15. The van der Waals surface area contributed by atoms with E-state index in [0.29, 0.717) is 19.6 Å². The van der Waals surface area contributed by atoms with Gasteiger partial charge in [-0.2, -0.15) is 0 Å². The second kappa shape index (κ2) is 7.57. The number of carbonyl (C=O) groups excluding carboxylic acids is 1. The smallest absolute Gasteiger partial charge is 0.331 e. The fourth-order valence-corrected chi connectivity index (χ4v) is 2.22. The molecule has 1 rings (SSSR count). The maximum absolute atomic E-state index is 12.5. The SMILES string of the molecule is CCOC(=O)C(CCOC(C)(C)C)(NC)c1ccccc1. The Morgan fingerprint density at radius 3 is 2.29 bits per heavy atom. The van der Waals surface area contributed by atoms with E-state index in [0.717, 1.165) is 5.56 Å². The third kappa shape index (κ3) is 4.83. The molecule has 0 bridgehead atoms. The van der Waals surface area contributed by atoms with Crippen molar-refractivity contribution in [1.29, 1.82) is 0 Å². The number of nitrogens with one attached hydrogen (secondary N) is 1. The van der Waals surface area contributed by atoms with Crippen molar-refractivity contribution in [2.75, 3.05) is 20.3 Å². The molecule has 1 atom stereocenters. The monoisotopic (exact) mass is 293 g/mol. The summed E-state index contributed by atoms with van der Waals surface area (Å²) in [7, 11) is 1.78. The van der Waals surface area contributed by atoms with Crippen molar-refractivity contribution in [3.8, 4) is 0 Å². The topological polar surface area (TPSA) is 47.6 Å². The van der Waals surface area contributed by atoms with E-state index in [4.69, 9.17) is 9.47 Å². The third-order valence-corrected chi connectivity index (χ3v) is 3.33. The van der Waals surface area contributed by atoms with Crippen LogP contribution in [0.5, 0.6) is 0 Å². The minimum absolute atomic E-state index is 0.231. The molecule has 0 radical (unpaired) electrons. The van der Waals surface area contributed by atoms with Crippen LogP contribution in [-0.2, 0) is 19.8 Å². The Morgan fingerprint density at radius 2 is 1.81 bits per heavy atom. The Labute approximate surface area is 127 Å². The Kier molecular flexibility index (Phi) is 6.37. The Morgan fingerprint density at radius 1 is 1.19 bits per heavy atom. The van der Waals surface area contributed by atoms with Crippen LogP contribution < -0.4 is 5.32 Å². The molecule has 4 nitrogen and oxygen atoms in total. The molecule has 1 unspecified atom stereocenters. The lowest BCUT2D eigenvalue weighted by atomic mass is 9.87. The number of hydrogen-bond donors (Lipinski definition) is 1. The number of likely N-dealkylation sites (N-methyl/N-ethyl adjacent to an activating group) is 1. The van der Waals surface area contributed by atoms with E-state index >= 15 is 0 Å². The van der Waals surface area contributed by atoms with Crippen molar-refractivity contribution in [3.05, 3.63) is 35.9 Å². The molecule has 118 valence electrons. The molecule has 1 N–H and O–H groups in total. The number of rotatable bonds is 7. The van der Waals surface area contributed by atoms with Gasteiger partial charge in [0.1, 0.15) is 5.54 Å². The second-order valence-corrected chi connectivity index (χ2v) is 5.95. The normalized spacial score (nSPS) is 14.5. The summed E-state index contributed by atoms with van der Waals surface area (Å²) in [5.74, 6) is -0.267. The standard InChI is InChI=1S/C17H27NO3/c1-6-20-15(19)17(18-5,12-13-21-16(2,3)4)14-10-8-7-9-11-14/h7-11,18H,6,12-13H2,1-5H3. The number of ether oxygens (including phenoxy) is 2. The van der Waals surface area contributed by atoms with Gasteiger partial charge in [0.25, 0.3) is 0 Å². The minimum atomic E-state index is -0.872. The molecule has 0 aromatic heterocycles. The van der Waals surface area contributed by atoms with Gasteiger partial charge in [-0.15, -0.1) is 0 Å². The zero-order chi connectivity index (χ0) is 15.9. The Hall–Kier alpha value is -1.39. The van der Waals surface area contributed by atoms with E-state index in [9.17, 15) is 4.79 Å². The zero-order valence-electron chi connectivity index (χ0n) is 13.7. The quantitative estimate of drug-likeness (QED) is 0.785. The lowest BCUT2D eigenvalue weighted by molar-refractivity contribution is -0.153. The summed E-state index contributed by atoms with van der Waals surface area (Å²) in [5.41, 5.74) is -0.212. The van der Waals surface area contributed by atoms with Crippen molar-refractivity contribution >= 4 is 5.97 Å². The predicted octanol–water partition coefficient (Wildman–Crippen LogP) is 2.87. The van der Waals surface area contributed by atoms with Crippen molar-refractivity contribution in [2.45, 2.75) is 45.3 Å². The predicted molar refractivity (Wildman–Crippen MR) is 84.1 cm³/mol. The lowest BCUT2D eigenvalue weighted by Gasteiger charge is -2.32. The first-order valence-electron chi connectivity index (χ1n) is 7.41. The van der Waals surface area contributed by atoms with Crippen LogP contribution in [0.25, 0.3) is 0 Å². The molecule has 0 aliphatic rings.